The van der Waals surface area contributed by atoms with Crippen LogP contribution in [0, 0.1) is 6.92 Å². The summed E-state index contributed by atoms with van der Waals surface area (Å²) in [6.45, 7) is 1.86. The van der Waals surface area contributed by atoms with Crippen LogP contribution >= 0.6 is 11.6 Å². The molecular formula is C22H19ClN2O5S. The first-order valence-electron chi connectivity index (χ1n) is 9.08. The van der Waals surface area contributed by atoms with Gasteiger partial charge in [0.05, 0.1) is 33.8 Å². The number of ether oxygens (including phenoxy) is 1. The number of hydrogen-bond donors (Lipinski definition) is 2. The second-order valence-corrected chi connectivity index (χ2v) is 8.73. The molecule has 2 N–H and O–H groups in total. The summed E-state index contributed by atoms with van der Waals surface area (Å²) in [4.78, 5) is 24.1. The van der Waals surface area contributed by atoms with Gasteiger partial charge in [-0.3, -0.25) is 9.52 Å². The molecule has 0 aliphatic heterocycles. The number of rotatable bonds is 6. The molecule has 1 amide bonds. The molecule has 0 unspecified atom stereocenters. The molecule has 31 heavy (non-hydrogen) atoms. The SMILES string of the molecule is COC(=O)c1ccc(NC(=O)c2ccc(NS(=O)(=O)c3ccc(C)cc3)cc2Cl)cc1. The lowest BCUT2D eigenvalue weighted by Gasteiger charge is -2.11. The maximum Gasteiger partial charge on any atom is 0.337 e. The van der Waals surface area contributed by atoms with Gasteiger partial charge in [0.15, 0.2) is 0 Å². The van der Waals surface area contributed by atoms with Crippen molar-refractivity contribution in [2.24, 2.45) is 0 Å². The first-order chi connectivity index (χ1) is 14.7. The normalized spacial score (nSPS) is 10.9. The summed E-state index contributed by atoms with van der Waals surface area (Å²) in [5.74, 6) is -0.964. The first kappa shape index (κ1) is 22.3. The molecule has 0 saturated carbocycles. The Balaban J connectivity index is 1.73. The average molecular weight is 459 g/mol. The van der Waals surface area contributed by atoms with Crippen LogP contribution < -0.4 is 10.0 Å². The van der Waals surface area contributed by atoms with Crippen molar-refractivity contribution in [3.63, 3.8) is 0 Å². The van der Waals surface area contributed by atoms with Gasteiger partial charge in [-0.1, -0.05) is 29.3 Å². The highest BCUT2D eigenvalue weighted by molar-refractivity contribution is 7.92. The minimum atomic E-state index is -3.79. The number of carbonyl (C=O) groups excluding carboxylic acids is 2. The molecule has 0 saturated heterocycles. The van der Waals surface area contributed by atoms with Crippen LogP contribution in [0.2, 0.25) is 5.02 Å². The van der Waals surface area contributed by atoms with Crippen LogP contribution in [0.5, 0.6) is 0 Å². The quantitative estimate of drug-likeness (QED) is 0.530. The molecule has 0 fully saturated rings. The number of methoxy groups -OCH3 is 1. The number of nitrogens with one attached hydrogen (secondary N) is 2. The van der Waals surface area contributed by atoms with E-state index in [9.17, 15) is 18.0 Å². The Hall–Kier alpha value is -3.36. The van der Waals surface area contributed by atoms with Crippen LogP contribution in [0.4, 0.5) is 11.4 Å². The van der Waals surface area contributed by atoms with Gasteiger partial charge in [0.1, 0.15) is 0 Å². The molecule has 3 aromatic carbocycles. The minimum absolute atomic E-state index is 0.0767. The fraction of sp³-hybridized carbons (Fsp3) is 0.0909. The van der Waals surface area contributed by atoms with E-state index in [4.69, 9.17) is 11.6 Å². The van der Waals surface area contributed by atoms with Gasteiger partial charge in [-0.15, -0.1) is 0 Å². The third-order valence-electron chi connectivity index (χ3n) is 4.36. The highest BCUT2D eigenvalue weighted by Crippen LogP contribution is 2.24. The van der Waals surface area contributed by atoms with Crippen LogP contribution in [0.15, 0.2) is 71.6 Å². The monoisotopic (exact) mass is 458 g/mol. The van der Waals surface area contributed by atoms with E-state index in [0.29, 0.717) is 11.3 Å². The molecule has 0 aliphatic carbocycles. The van der Waals surface area contributed by atoms with Gasteiger partial charge < -0.3 is 10.1 Å². The molecule has 0 aliphatic rings. The van der Waals surface area contributed by atoms with Crippen molar-refractivity contribution >= 4 is 44.9 Å². The highest BCUT2D eigenvalue weighted by Gasteiger charge is 2.17. The van der Waals surface area contributed by atoms with Crippen molar-refractivity contribution in [3.05, 3.63) is 88.4 Å². The summed E-state index contributed by atoms with van der Waals surface area (Å²) in [6.07, 6.45) is 0. The van der Waals surface area contributed by atoms with E-state index >= 15 is 0 Å². The molecule has 3 rings (SSSR count). The number of halogens is 1. The maximum atomic E-state index is 12.5. The zero-order valence-corrected chi connectivity index (χ0v) is 18.3. The number of benzene rings is 3. The van der Waals surface area contributed by atoms with E-state index in [1.807, 2.05) is 6.92 Å². The Morgan fingerprint density at radius 3 is 2.10 bits per heavy atom. The molecule has 160 valence electrons. The third kappa shape index (κ3) is 5.42. The van der Waals surface area contributed by atoms with Gasteiger partial charge >= 0.3 is 5.97 Å². The van der Waals surface area contributed by atoms with E-state index < -0.39 is 21.9 Å². The molecule has 0 spiro atoms. The second kappa shape index (κ2) is 9.20. The number of esters is 1. The summed E-state index contributed by atoms with van der Waals surface area (Å²) in [5, 5.41) is 2.74. The topological polar surface area (TPSA) is 102 Å². The largest absolute Gasteiger partial charge is 0.465 e. The van der Waals surface area contributed by atoms with Crippen molar-refractivity contribution in [2.45, 2.75) is 11.8 Å². The number of amides is 1. The molecule has 9 heteroatoms. The summed E-state index contributed by atoms with van der Waals surface area (Å²) >= 11 is 6.21. The minimum Gasteiger partial charge on any atom is -0.465 e. The lowest BCUT2D eigenvalue weighted by Crippen LogP contribution is -2.15. The predicted molar refractivity (Wildman–Crippen MR) is 119 cm³/mol. The van der Waals surface area contributed by atoms with Crippen LogP contribution in [-0.2, 0) is 14.8 Å². The lowest BCUT2D eigenvalue weighted by atomic mass is 10.1. The zero-order valence-electron chi connectivity index (χ0n) is 16.7. The van der Waals surface area contributed by atoms with E-state index in [2.05, 4.69) is 14.8 Å². The molecule has 3 aromatic rings. The van der Waals surface area contributed by atoms with Gasteiger partial charge in [0.2, 0.25) is 0 Å². The number of hydrogen-bond acceptors (Lipinski definition) is 5. The number of aryl methyl sites for hydroxylation is 1. The Bertz CT molecular complexity index is 1220. The second-order valence-electron chi connectivity index (χ2n) is 6.64. The van der Waals surface area contributed by atoms with Crippen LogP contribution in [0.1, 0.15) is 26.3 Å². The Kier molecular flexibility index (Phi) is 6.62. The van der Waals surface area contributed by atoms with Crippen molar-refractivity contribution in [2.75, 3.05) is 17.1 Å². The molecule has 0 heterocycles. The Labute approximate surface area is 185 Å². The third-order valence-corrected chi connectivity index (χ3v) is 6.07. The summed E-state index contributed by atoms with van der Waals surface area (Å²) in [7, 11) is -2.51. The van der Waals surface area contributed by atoms with Gasteiger partial charge in [0.25, 0.3) is 15.9 Å². The van der Waals surface area contributed by atoms with E-state index in [0.717, 1.165) is 5.56 Å². The highest BCUT2D eigenvalue weighted by atomic mass is 35.5. The summed E-state index contributed by atoms with van der Waals surface area (Å²) < 4.78 is 32.1. The summed E-state index contributed by atoms with van der Waals surface area (Å²) in [5.41, 5.74) is 2.14. The molecule has 0 bridgehead atoms. The van der Waals surface area contributed by atoms with E-state index in [1.165, 1.54) is 49.6 Å². The summed E-state index contributed by atoms with van der Waals surface area (Å²) in [6, 6.07) is 16.8. The molecule has 0 radical (unpaired) electrons. The van der Waals surface area contributed by atoms with Crippen LogP contribution in [-0.4, -0.2) is 27.4 Å². The fourth-order valence-electron chi connectivity index (χ4n) is 2.70. The van der Waals surface area contributed by atoms with E-state index in [-0.39, 0.29) is 21.2 Å². The van der Waals surface area contributed by atoms with Gasteiger partial charge in [-0.2, -0.15) is 0 Å². The number of anilines is 2. The van der Waals surface area contributed by atoms with E-state index in [1.54, 1.807) is 24.3 Å². The van der Waals surface area contributed by atoms with Gasteiger partial charge in [-0.05, 0) is 61.5 Å². The Morgan fingerprint density at radius 1 is 0.903 bits per heavy atom. The van der Waals surface area contributed by atoms with Crippen LogP contribution in [0.3, 0.4) is 0 Å². The Morgan fingerprint density at radius 2 is 1.52 bits per heavy atom. The van der Waals surface area contributed by atoms with Crippen LogP contribution in [0.25, 0.3) is 0 Å². The number of carbonyl (C=O) groups is 2. The lowest BCUT2D eigenvalue weighted by molar-refractivity contribution is 0.0600. The van der Waals surface area contributed by atoms with Crippen molar-refractivity contribution in [1.82, 2.24) is 0 Å². The average Bonchev–Trinajstić information content (AvgIpc) is 2.73. The van der Waals surface area contributed by atoms with Gasteiger partial charge in [-0.25, -0.2) is 13.2 Å². The van der Waals surface area contributed by atoms with Crippen molar-refractivity contribution < 1.29 is 22.7 Å². The number of sulfonamides is 1. The smallest absolute Gasteiger partial charge is 0.337 e. The van der Waals surface area contributed by atoms with Gasteiger partial charge in [0, 0.05) is 5.69 Å². The van der Waals surface area contributed by atoms with Crippen molar-refractivity contribution in [3.8, 4) is 0 Å². The molecule has 0 atom stereocenters. The predicted octanol–water partition coefficient (Wildman–Crippen LogP) is 4.49. The zero-order chi connectivity index (χ0) is 22.6. The molecule has 7 nitrogen and oxygen atoms in total. The first-order valence-corrected chi connectivity index (χ1v) is 10.9. The molecule has 0 aromatic heterocycles. The molecular weight excluding hydrogens is 440 g/mol. The maximum absolute atomic E-state index is 12.5. The van der Waals surface area contributed by atoms with Crippen molar-refractivity contribution in [1.29, 1.82) is 0 Å². The standard InChI is InChI=1S/C22H19ClN2O5S/c1-14-3-10-18(11-4-14)31(28,29)25-17-9-12-19(20(23)13-17)21(26)24-16-7-5-15(6-8-16)22(27)30-2/h3-13,25H,1-2H3,(H,24,26). The fourth-order valence-corrected chi connectivity index (χ4v) is 4.02.